The van der Waals surface area contributed by atoms with Gasteiger partial charge in [0.05, 0.1) is 12.4 Å². The Balaban J connectivity index is 2.21. The molecule has 5 nitrogen and oxygen atoms in total. The van der Waals surface area contributed by atoms with Crippen molar-refractivity contribution in [3.8, 4) is 22.5 Å². The zero-order valence-corrected chi connectivity index (χ0v) is 11.5. The van der Waals surface area contributed by atoms with Crippen molar-refractivity contribution >= 4 is 5.95 Å². The highest BCUT2D eigenvalue weighted by molar-refractivity contribution is 5.80. The van der Waals surface area contributed by atoms with Crippen molar-refractivity contribution in [1.29, 1.82) is 0 Å². The summed E-state index contributed by atoms with van der Waals surface area (Å²) in [5.74, 6) is 6.75. The van der Waals surface area contributed by atoms with Crippen LogP contribution >= 0.6 is 0 Å². The van der Waals surface area contributed by atoms with Crippen molar-refractivity contribution in [2.24, 2.45) is 5.73 Å². The molecule has 0 aliphatic heterocycles. The number of nitrogens with zero attached hydrogens (tertiary/aromatic N) is 2. The molecule has 0 atom stereocenters. The molecular weight excluding hydrogens is 262 g/mol. The molecule has 0 unspecified atom stereocenters. The molecule has 1 aromatic heterocycles. The van der Waals surface area contributed by atoms with Crippen LogP contribution in [0.25, 0.3) is 22.5 Å². The summed E-state index contributed by atoms with van der Waals surface area (Å²) in [5, 5.41) is 2.98. The number of hydrogen-bond donors (Lipinski definition) is 3. The number of nitrogen functional groups attached to an aromatic ring is 1. The van der Waals surface area contributed by atoms with Crippen molar-refractivity contribution < 1.29 is 0 Å². The average Bonchev–Trinajstić information content (AvgIpc) is 2.86. The Morgan fingerprint density at radius 3 is 2.05 bits per heavy atom. The lowest BCUT2D eigenvalue weighted by atomic mass is 10.1. The molecule has 2 aromatic carbocycles. The van der Waals surface area contributed by atoms with E-state index in [-0.39, 0.29) is 6.67 Å². The fourth-order valence-electron chi connectivity index (χ4n) is 2.32. The van der Waals surface area contributed by atoms with Crippen LogP contribution in [0.15, 0.2) is 60.7 Å². The van der Waals surface area contributed by atoms with Crippen LogP contribution in [-0.2, 0) is 0 Å². The van der Waals surface area contributed by atoms with E-state index in [1.165, 1.54) is 0 Å². The van der Waals surface area contributed by atoms with Gasteiger partial charge in [-0.15, -0.1) is 0 Å². The van der Waals surface area contributed by atoms with Gasteiger partial charge >= 0.3 is 0 Å². The molecule has 1 heterocycles. The van der Waals surface area contributed by atoms with Gasteiger partial charge in [-0.1, -0.05) is 60.7 Å². The topological polar surface area (TPSA) is 81.9 Å². The molecule has 5 N–H and O–H groups in total. The molecule has 0 fully saturated rings. The average molecular weight is 279 g/mol. The third-order valence-electron chi connectivity index (χ3n) is 3.27. The second kappa shape index (κ2) is 5.68. The summed E-state index contributed by atoms with van der Waals surface area (Å²) in [7, 11) is 0. The summed E-state index contributed by atoms with van der Waals surface area (Å²) in [6.45, 7) is 0.274. The fourth-order valence-corrected chi connectivity index (χ4v) is 2.32. The summed E-state index contributed by atoms with van der Waals surface area (Å²) < 4.78 is 1.55. The van der Waals surface area contributed by atoms with Crippen LogP contribution in [0, 0.1) is 0 Å². The molecule has 21 heavy (non-hydrogen) atoms. The Kier molecular flexibility index (Phi) is 3.57. The standard InChI is InChI=1S/C16H17N5/c17-11-19-16-20-14(12-7-3-1-4-8-12)15(21(16)18)13-9-5-2-6-10-13/h1-10H,11,17-18H2,(H,19,20). The first-order valence-electron chi connectivity index (χ1n) is 6.74. The summed E-state index contributed by atoms with van der Waals surface area (Å²) in [6, 6.07) is 19.9. The molecule has 0 aliphatic rings. The summed E-state index contributed by atoms with van der Waals surface area (Å²) in [6.07, 6.45) is 0. The number of benzene rings is 2. The highest BCUT2D eigenvalue weighted by Crippen LogP contribution is 2.32. The second-order valence-electron chi connectivity index (χ2n) is 4.62. The fraction of sp³-hybridized carbons (Fsp3) is 0.0625. The predicted molar refractivity (Wildman–Crippen MR) is 85.9 cm³/mol. The van der Waals surface area contributed by atoms with Gasteiger partial charge in [-0.2, -0.15) is 0 Å². The maximum absolute atomic E-state index is 6.20. The first kappa shape index (κ1) is 13.2. The van der Waals surface area contributed by atoms with Gasteiger partial charge in [-0.3, -0.25) is 0 Å². The van der Waals surface area contributed by atoms with Gasteiger partial charge in [0.15, 0.2) is 0 Å². The van der Waals surface area contributed by atoms with Crippen LogP contribution < -0.4 is 16.9 Å². The van der Waals surface area contributed by atoms with E-state index in [0.29, 0.717) is 5.95 Å². The largest absolute Gasteiger partial charge is 0.342 e. The summed E-state index contributed by atoms with van der Waals surface area (Å²) >= 11 is 0. The van der Waals surface area contributed by atoms with E-state index in [0.717, 1.165) is 22.5 Å². The molecule has 0 radical (unpaired) electrons. The second-order valence-corrected chi connectivity index (χ2v) is 4.62. The van der Waals surface area contributed by atoms with Gasteiger partial charge in [0.1, 0.15) is 5.69 Å². The minimum Gasteiger partial charge on any atom is -0.342 e. The number of nitrogens with one attached hydrogen (secondary N) is 1. The lowest BCUT2D eigenvalue weighted by molar-refractivity contribution is 0.974. The Bertz CT molecular complexity index is 719. The van der Waals surface area contributed by atoms with Gasteiger partial charge in [0.2, 0.25) is 5.95 Å². The molecule has 3 rings (SSSR count). The molecule has 0 bridgehead atoms. The molecular formula is C16H17N5. The number of rotatable bonds is 4. The lowest BCUT2D eigenvalue weighted by Crippen LogP contribution is -2.19. The minimum absolute atomic E-state index is 0.274. The number of hydrogen-bond acceptors (Lipinski definition) is 4. The van der Waals surface area contributed by atoms with Crippen LogP contribution in [0.1, 0.15) is 0 Å². The SMILES string of the molecule is NCNc1nc(-c2ccccc2)c(-c2ccccc2)n1N. The van der Waals surface area contributed by atoms with Crippen molar-refractivity contribution in [1.82, 2.24) is 9.66 Å². The first-order chi connectivity index (χ1) is 10.3. The molecule has 0 aliphatic carbocycles. The number of nitrogens with two attached hydrogens (primary N) is 2. The van der Waals surface area contributed by atoms with Crippen LogP contribution in [0.5, 0.6) is 0 Å². The smallest absolute Gasteiger partial charge is 0.223 e. The van der Waals surface area contributed by atoms with Crippen molar-refractivity contribution in [2.75, 3.05) is 17.8 Å². The lowest BCUT2D eigenvalue weighted by Gasteiger charge is -2.07. The van der Waals surface area contributed by atoms with Crippen LogP contribution in [0.3, 0.4) is 0 Å². The van der Waals surface area contributed by atoms with Crippen molar-refractivity contribution in [2.45, 2.75) is 0 Å². The highest BCUT2D eigenvalue weighted by atomic mass is 15.4. The number of anilines is 1. The van der Waals surface area contributed by atoms with Crippen molar-refractivity contribution in [3.63, 3.8) is 0 Å². The number of aromatic nitrogens is 2. The Hall–Kier alpha value is -2.79. The molecule has 0 saturated carbocycles. The highest BCUT2D eigenvalue weighted by Gasteiger charge is 2.17. The molecule has 0 amide bonds. The molecule has 3 aromatic rings. The van der Waals surface area contributed by atoms with E-state index in [2.05, 4.69) is 10.3 Å². The van der Waals surface area contributed by atoms with E-state index in [9.17, 15) is 0 Å². The number of imidazole rings is 1. The van der Waals surface area contributed by atoms with Crippen LogP contribution in [0.2, 0.25) is 0 Å². The summed E-state index contributed by atoms with van der Waals surface area (Å²) in [4.78, 5) is 4.59. The van der Waals surface area contributed by atoms with Gasteiger partial charge < -0.3 is 16.9 Å². The van der Waals surface area contributed by atoms with E-state index < -0.39 is 0 Å². The molecule has 0 spiro atoms. The zero-order valence-electron chi connectivity index (χ0n) is 11.5. The quantitative estimate of drug-likeness (QED) is 0.505. The van der Waals surface area contributed by atoms with Gasteiger partial charge in [0, 0.05) is 11.1 Å². The van der Waals surface area contributed by atoms with Crippen LogP contribution in [-0.4, -0.2) is 16.3 Å². The minimum atomic E-state index is 0.274. The molecule has 5 heteroatoms. The molecule has 0 saturated heterocycles. The van der Waals surface area contributed by atoms with Gasteiger partial charge in [0.25, 0.3) is 0 Å². The predicted octanol–water partition coefficient (Wildman–Crippen LogP) is 2.26. The maximum atomic E-state index is 6.20. The normalized spacial score (nSPS) is 10.5. The van der Waals surface area contributed by atoms with E-state index in [4.69, 9.17) is 11.6 Å². The Labute approximate surface area is 123 Å². The van der Waals surface area contributed by atoms with Crippen molar-refractivity contribution in [3.05, 3.63) is 60.7 Å². The Morgan fingerprint density at radius 2 is 1.48 bits per heavy atom. The summed E-state index contributed by atoms with van der Waals surface area (Å²) in [5.41, 5.74) is 9.26. The van der Waals surface area contributed by atoms with Crippen LogP contribution in [0.4, 0.5) is 5.95 Å². The Morgan fingerprint density at radius 1 is 0.905 bits per heavy atom. The van der Waals surface area contributed by atoms with E-state index in [1.54, 1.807) is 4.68 Å². The first-order valence-corrected chi connectivity index (χ1v) is 6.74. The zero-order chi connectivity index (χ0) is 14.7. The van der Waals surface area contributed by atoms with E-state index >= 15 is 0 Å². The van der Waals surface area contributed by atoms with Gasteiger partial charge in [-0.05, 0) is 0 Å². The van der Waals surface area contributed by atoms with E-state index in [1.807, 2.05) is 60.7 Å². The monoisotopic (exact) mass is 279 g/mol. The van der Waals surface area contributed by atoms with Gasteiger partial charge in [-0.25, -0.2) is 9.66 Å². The third-order valence-corrected chi connectivity index (χ3v) is 3.27. The third kappa shape index (κ3) is 2.46. The maximum Gasteiger partial charge on any atom is 0.223 e. The molecule has 106 valence electrons.